The van der Waals surface area contributed by atoms with Gasteiger partial charge in [-0.3, -0.25) is 14.6 Å². The van der Waals surface area contributed by atoms with Crippen molar-refractivity contribution in [3.05, 3.63) is 66.2 Å². The number of nitrogens with one attached hydrogen (secondary N) is 1. The molecule has 1 heterocycles. The molecule has 1 aliphatic rings. The predicted octanol–water partition coefficient (Wildman–Crippen LogP) is 1.36. The lowest BCUT2D eigenvalue weighted by Crippen LogP contribution is -2.51. The molecule has 0 aromatic heterocycles. The zero-order chi connectivity index (χ0) is 19.6. The molecule has 6 nitrogen and oxygen atoms in total. The van der Waals surface area contributed by atoms with E-state index < -0.39 is 6.10 Å². The molecule has 6 heteroatoms. The number of para-hydroxylation sites is 1. The lowest BCUT2D eigenvalue weighted by atomic mass is 10.2. The fraction of sp³-hybridized carbons (Fsp3) is 0.409. The van der Waals surface area contributed by atoms with Crippen LogP contribution >= 0.6 is 0 Å². The van der Waals surface area contributed by atoms with Gasteiger partial charge >= 0.3 is 0 Å². The van der Waals surface area contributed by atoms with Crippen LogP contribution in [0.1, 0.15) is 5.56 Å². The van der Waals surface area contributed by atoms with Gasteiger partial charge in [-0.25, -0.2) is 0 Å². The Hall–Kier alpha value is -2.41. The molecule has 1 fully saturated rings. The van der Waals surface area contributed by atoms with E-state index in [1.54, 1.807) is 0 Å². The van der Waals surface area contributed by atoms with Gasteiger partial charge < -0.3 is 15.2 Å². The van der Waals surface area contributed by atoms with Gasteiger partial charge in [-0.1, -0.05) is 48.5 Å². The predicted molar refractivity (Wildman–Crippen MR) is 109 cm³/mol. The number of rotatable bonds is 9. The fourth-order valence-electron chi connectivity index (χ4n) is 3.25. The van der Waals surface area contributed by atoms with Gasteiger partial charge in [0.15, 0.2) is 0 Å². The highest BCUT2D eigenvalue weighted by Crippen LogP contribution is 2.09. The molecular formula is C22H29N3O3. The summed E-state index contributed by atoms with van der Waals surface area (Å²) in [4.78, 5) is 16.5. The highest BCUT2D eigenvalue weighted by atomic mass is 16.5. The molecule has 1 saturated heterocycles. The Bertz CT molecular complexity index is 703. The first-order chi connectivity index (χ1) is 13.7. The minimum atomic E-state index is -0.527. The molecule has 1 atom stereocenters. The van der Waals surface area contributed by atoms with Crippen LogP contribution in [-0.4, -0.2) is 72.8 Å². The van der Waals surface area contributed by atoms with Crippen LogP contribution in [0.25, 0.3) is 0 Å². The van der Waals surface area contributed by atoms with Crippen molar-refractivity contribution >= 4 is 5.91 Å². The number of hydrogen-bond donors (Lipinski definition) is 2. The van der Waals surface area contributed by atoms with Crippen LogP contribution in [0.15, 0.2) is 60.7 Å². The third-order valence-electron chi connectivity index (χ3n) is 4.82. The van der Waals surface area contributed by atoms with E-state index in [2.05, 4.69) is 15.1 Å². The number of piperazine rings is 1. The molecular weight excluding hydrogens is 354 g/mol. The largest absolute Gasteiger partial charge is 0.491 e. The van der Waals surface area contributed by atoms with Crippen LogP contribution in [0.2, 0.25) is 0 Å². The molecule has 1 aliphatic heterocycles. The van der Waals surface area contributed by atoms with E-state index in [1.165, 1.54) is 0 Å². The van der Waals surface area contributed by atoms with Crippen molar-refractivity contribution in [3.63, 3.8) is 0 Å². The summed E-state index contributed by atoms with van der Waals surface area (Å²) in [6, 6.07) is 19.5. The average Bonchev–Trinajstić information content (AvgIpc) is 2.74. The molecule has 0 bridgehead atoms. The van der Waals surface area contributed by atoms with Crippen LogP contribution in [0, 0.1) is 0 Å². The van der Waals surface area contributed by atoms with Crippen LogP contribution in [0.4, 0.5) is 0 Å². The number of carbonyl (C=O) groups excluding carboxylic acids is 1. The van der Waals surface area contributed by atoms with Crippen molar-refractivity contribution in [1.82, 2.24) is 15.1 Å². The Labute approximate surface area is 166 Å². The van der Waals surface area contributed by atoms with Gasteiger partial charge in [0.05, 0.1) is 6.54 Å². The van der Waals surface area contributed by atoms with Crippen molar-refractivity contribution in [2.75, 3.05) is 45.9 Å². The van der Waals surface area contributed by atoms with Crippen molar-refractivity contribution in [2.45, 2.75) is 12.6 Å². The van der Waals surface area contributed by atoms with E-state index in [0.717, 1.165) is 37.5 Å². The zero-order valence-electron chi connectivity index (χ0n) is 16.2. The highest BCUT2D eigenvalue weighted by Gasteiger charge is 2.21. The van der Waals surface area contributed by atoms with E-state index in [-0.39, 0.29) is 12.5 Å². The van der Waals surface area contributed by atoms with E-state index in [1.807, 2.05) is 60.7 Å². The molecule has 0 unspecified atom stereocenters. The SMILES string of the molecule is O=C(CN1CCN(C[C@H](O)COc2ccccc2)CC1)NCc1ccccc1. The molecule has 150 valence electrons. The molecule has 0 spiro atoms. The number of benzene rings is 2. The first-order valence-corrected chi connectivity index (χ1v) is 9.80. The minimum absolute atomic E-state index is 0.0496. The van der Waals surface area contributed by atoms with Gasteiger partial charge in [-0.2, -0.15) is 0 Å². The minimum Gasteiger partial charge on any atom is -0.491 e. The normalized spacial score (nSPS) is 16.5. The van der Waals surface area contributed by atoms with Crippen molar-refractivity contribution < 1.29 is 14.6 Å². The first kappa shape index (κ1) is 20.3. The molecule has 2 aromatic carbocycles. The average molecular weight is 383 g/mol. The second-order valence-corrected chi connectivity index (χ2v) is 7.12. The van der Waals surface area contributed by atoms with Crippen molar-refractivity contribution in [1.29, 1.82) is 0 Å². The van der Waals surface area contributed by atoms with Crippen molar-refractivity contribution in [3.8, 4) is 5.75 Å². The number of ether oxygens (including phenoxy) is 1. The molecule has 0 radical (unpaired) electrons. The highest BCUT2D eigenvalue weighted by molar-refractivity contribution is 5.78. The summed E-state index contributed by atoms with van der Waals surface area (Å²) in [5.41, 5.74) is 1.10. The van der Waals surface area contributed by atoms with Crippen LogP contribution in [-0.2, 0) is 11.3 Å². The van der Waals surface area contributed by atoms with E-state index >= 15 is 0 Å². The summed E-state index contributed by atoms with van der Waals surface area (Å²) in [5, 5.41) is 13.2. The number of nitrogens with zero attached hydrogens (tertiary/aromatic N) is 2. The number of aliphatic hydroxyl groups excluding tert-OH is 1. The lowest BCUT2D eigenvalue weighted by Gasteiger charge is -2.35. The van der Waals surface area contributed by atoms with Gasteiger partial charge in [-0.15, -0.1) is 0 Å². The van der Waals surface area contributed by atoms with Gasteiger partial charge in [0.25, 0.3) is 0 Å². The van der Waals surface area contributed by atoms with Gasteiger partial charge in [0, 0.05) is 39.3 Å². The maximum absolute atomic E-state index is 12.1. The second kappa shape index (κ2) is 10.8. The van der Waals surface area contributed by atoms with E-state index in [4.69, 9.17) is 4.74 Å². The summed E-state index contributed by atoms with van der Waals surface area (Å²) < 4.78 is 5.61. The third-order valence-corrected chi connectivity index (χ3v) is 4.82. The topological polar surface area (TPSA) is 65.0 Å². The Morgan fingerprint density at radius 1 is 0.964 bits per heavy atom. The number of aliphatic hydroxyl groups is 1. The number of carbonyl (C=O) groups is 1. The molecule has 28 heavy (non-hydrogen) atoms. The van der Waals surface area contributed by atoms with Gasteiger partial charge in [0.1, 0.15) is 18.5 Å². The smallest absolute Gasteiger partial charge is 0.234 e. The van der Waals surface area contributed by atoms with Crippen LogP contribution in [0.3, 0.4) is 0 Å². The zero-order valence-corrected chi connectivity index (χ0v) is 16.2. The summed E-state index contributed by atoms with van der Waals surface area (Å²) in [6.07, 6.45) is -0.527. The van der Waals surface area contributed by atoms with E-state index in [9.17, 15) is 9.90 Å². The first-order valence-electron chi connectivity index (χ1n) is 9.80. The fourth-order valence-corrected chi connectivity index (χ4v) is 3.25. The summed E-state index contributed by atoms with van der Waals surface area (Å²) in [6.45, 7) is 5.18. The second-order valence-electron chi connectivity index (χ2n) is 7.12. The van der Waals surface area contributed by atoms with Crippen LogP contribution in [0.5, 0.6) is 5.75 Å². The Morgan fingerprint density at radius 2 is 1.57 bits per heavy atom. The Kier molecular flexibility index (Phi) is 7.84. The van der Waals surface area contributed by atoms with E-state index in [0.29, 0.717) is 19.6 Å². The standard InChI is InChI=1S/C22H29N3O3/c26-20(18-28-21-9-5-2-6-10-21)16-24-11-13-25(14-12-24)17-22(27)23-15-19-7-3-1-4-8-19/h1-10,20,26H,11-18H2,(H,23,27)/t20-/m0/s1. The maximum atomic E-state index is 12.1. The Morgan fingerprint density at radius 3 is 2.25 bits per heavy atom. The summed E-state index contributed by atoms with van der Waals surface area (Å²) in [5.74, 6) is 0.821. The summed E-state index contributed by atoms with van der Waals surface area (Å²) in [7, 11) is 0. The molecule has 2 aromatic rings. The molecule has 2 N–H and O–H groups in total. The molecule has 0 aliphatic carbocycles. The monoisotopic (exact) mass is 383 g/mol. The molecule has 3 rings (SSSR count). The number of amides is 1. The Balaban J connectivity index is 1.30. The van der Waals surface area contributed by atoms with Crippen molar-refractivity contribution in [2.24, 2.45) is 0 Å². The number of hydrogen-bond acceptors (Lipinski definition) is 5. The van der Waals surface area contributed by atoms with Gasteiger partial charge in [0.2, 0.25) is 5.91 Å². The molecule has 0 saturated carbocycles. The quantitative estimate of drug-likeness (QED) is 0.685. The molecule has 1 amide bonds. The maximum Gasteiger partial charge on any atom is 0.234 e. The third kappa shape index (κ3) is 6.96. The summed E-state index contributed by atoms with van der Waals surface area (Å²) >= 11 is 0. The number of β-amino-alcohol motifs (C(OH)–C–C–N with tert-alkyl or cyclic N) is 1. The van der Waals surface area contributed by atoms with Gasteiger partial charge in [-0.05, 0) is 17.7 Å². The van der Waals surface area contributed by atoms with Crippen LogP contribution < -0.4 is 10.1 Å². The lowest BCUT2D eigenvalue weighted by molar-refractivity contribution is -0.122.